The van der Waals surface area contributed by atoms with Crippen molar-refractivity contribution in [3.63, 3.8) is 0 Å². The van der Waals surface area contributed by atoms with Gasteiger partial charge in [-0.3, -0.25) is 9.80 Å². The van der Waals surface area contributed by atoms with E-state index in [4.69, 9.17) is 5.73 Å². The van der Waals surface area contributed by atoms with E-state index in [9.17, 15) is 13.2 Å². The Balaban J connectivity index is 2.30. The van der Waals surface area contributed by atoms with Crippen LogP contribution in [-0.4, -0.2) is 48.6 Å². The third kappa shape index (κ3) is 3.22. The number of nitrogens with two attached hydrogens (primary N) is 1. The van der Waals surface area contributed by atoms with Gasteiger partial charge in [0.25, 0.3) is 0 Å². The summed E-state index contributed by atoms with van der Waals surface area (Å²) in [6, 6.07) is 1.07. The Bertz CT molecular complexity index is 519. The van der Waals surface area contributed by atoms with Crippen LogP contribution in [0.15, 0.2) is 12.1 Å². The van der Waals surface area contributed by atoms with Crippen LogP contribution in [0.3, 0.4) is 0 Å². The molecule has 118 valence electrons. The van der Waals surface area contributed by atoms with Gasteiger partial charge in [0.05, 0.1) is 6.04 Å². The fourth-order valence-corrected chi connectivity index (χ4v) is 2.81. The van der Waals surface area contributed by atoms with Gasteiger partial charge in [-0.1, -0.05) is 0 Å². The van der Waals surface area contributed by atoms with Crippen LogP contribution >= 0.6 is 0 Å². The van der Waals surface area contributed by atoms with Gasteiger partial charge in [-0.05, 0) is 27.0 Å². The first-order valence-corrected chi connectivity index (χ1v) is 7.06. The normalized spacial score (nSPS) is 21.5. The van der Waals surface area contributed by atoms with Crippen LogP contribution < -0.4 is 5.73 Å². The molecule has 0 saturated carbocycles. The molecule has 0 aliphatic carbocycles. The van der Waals surface area contributed by atoms with Crippen molar-refractivity contribution >= 4 is 0 Å². The van der Waals surface area contributed by atoms with Crippen molar-refractivity contribution in [2.24, 2.45) is 5.73 Å². The summed E-state index contributed by atoms with van der Waals surface area (Å²) in [7, 11) is 2.03. The Labute approximate surface area is 123 Å². The average molecular weight is 301 g/mol. The van der Waals surface area contributed by atoms with E-state index in [2.05, 4.69) is 18.7 Å². The van der Waals surface area contributed by atoms with Gasteiger partial charge in [0.1, 0.15) is 5.82 Å². The first-order chi connectivity index (χ1) is 9.76. The molecule has 0 spiro atoms. The molecule has 21 heavy (non-hydrogen) atoms. The molecule has 2 rings (SSSR count). The number of hydrogen-bond donors (Lipinski definition) is 1. The quantitative estimate of drug-likeness (QED) is 0.868. The van der Waals surface area contributed by atoms with Gasteiger partial charge in [0.15, 0.2) is 11.6 Å². The second-order valence-electron chi connectivity index (χ2n) is 6.24. The summed E-state index contributed by atoms with van der Waals surface area (Å²) in [6.45, 7) is 6.54. The van der Waals surface area contributed by atoms with Crippen LogP contribution in [0, 0.1) is 17.5 Å². The number of likely N-dealkylation sites (N-methyl/N-ethyl adjacent to an activating group) is 1. The highest BCUT2D eigenvalue weighted by molar-refractivity contribution is 5.24. The van der Waals surface area contributed by atoms with E-state index < -0.39 is 23.5 Å². The Morgan fingerprint density at radius 2 is 1.76 bits per heavy atom. The van der Waals surface area contributed by atoms with Gasteiger partial charge in [0, 0.05) is 43.3 Å². The molecular formula is C15H22F3N3. The van der Waals surface area contributed by atoms with E-state index in [1.54, 1.807) is 0 Å². The molecule has 1 saturated heterocycles. The van der Waals surface area contributed by atoms with E-state index in [0.29, 0.717) is 19.2 Å². The fraction of sp³-hybridized carbons (Fsp3) is 0.600. The zero-order chi connectivity index (χ0) is 15.8. The molecule has 2 N–H and O–H groups in total. The van der Waals surface area contributed by atoms with Crippen LogP contribution in [0.5, 0.6) is 0 Å². The van der Waals surface area contributed by atoms with Crippen LogP contribution in [0.25, 0.3) is 0 Å². The average Bonchev–Trinajstić information content (AvgIpc) is 2.40. The highest BCUT2D eigenvalue weighted by Crippen LogP contribution is 2.29. The van der Waals surface area contributed by atoms with E-state index >= 15 is 0 Å². The molecule has 1 aromatic carbocycles. The molecular weight excluding hydrogens is 279 g/mol. The highest BCUT2D eigenvalue weighted by atomic mass is 19.2. The monoisotopic (exact) mass is 301 g/mol. The standard InChI is InChI=1S/C15H22F3N3/c1-15(2)9-21(5-4-20(15)3)14(8-19)10-6-12(17)13(18)7-11(10)16/h6-7,14H,4-5,8-9,19H2,1-3H3. The van der Waals surface area contributed by atoms with Gasteiger partial charge >= 0.3 is 0 Å². The molecule has 6 heteroatoms. The molecule has 1 aliphatic heterocycles. The first-order valence-electron chi connectivity index (χ1n) is 7.06. The molecule has 1 aromatic rings. The van der Waals surface area contributed by atoms with Crippen LogP contribution in [0.4, 0.5) is 13.2 Å². The summed E-state index contributed by atoms with van der Waals surface area (Å²) in [5.41, 5.74) is 5.82. The van der Waals surface area contributed by atoms with Gasteiger partial charge in [0.2, 0.25) is 0 Å². The lowest BCUT2D eigenvalue weighted by atomic mass is 9.95. The second-order valence-corrected chi connectivity index (χ2v) is 6.24. The Morgan fingerprint density at radius 3 is 2.33 bits per heavy atom. The van der Waals surface area contributed by atoms with Gasteiger partial charge < -0.3 is 5.73 Å². The van der Waals surface area contributed by atoms with Crippen molar-refractivity contribution in [3.8, 4) is 0 Å². The number of nitrogens with zero attached hydrogens (tertiary/aromatic N) is 2. The van der Waals surface area contributed by atoms with E-state index in [1.165, 1.54) is 0 Å². The maximum atomic E-state index is 14.0. The fourth-order valence-electron chi connectivity index (χ4n) is 2.81. The van der Waals surface area contributed by atoms with Crippen molar-refractivity contribution in [2.45, 2.75) is 25.4 Å². The zero-order valence-electron chi connectivity index (χ0n) is 12.7. The number of piperazine rings is 1. The summed E-state index contributed by atoms with van der Waals surface area (Å²) in [4.78, 5) is 4.26. The smallest absolute Gasteiger partial charge is 0.161 e. The summed E-state index contributed by atoms with van der Waals surface area (Å²) in [5.74, 6) is -2.97. The van der Waals surface area contributed by atoms with Gasteiger partial charge in [-0.2, -0.15) is 0 Å². The molecule has 1 atom stereocenters. The lowest BCUT2D eigenvalue weighted by Gasteiger charge is -2.48. The van der Waals surface area contributed by atoms with Crippen molar-refractivity contribution in [2.75, 3.05) is 33.2 Å². The first kappa shape index (κ1) is 16.3. The molecule has 3 nitrogen and oxygen atoms in total. The molecule has 1 unspecified atom stereocenters. The van der Waals surface area contributed by atoms with Crippen molar-refractivity contribution in [1.82, 2.24) is 9.80 Å². The predicted octanol–water partition coefficient (Wildman–Crippen LogP) is 2.13. The van der Waals surface area contributed by atoms with Gasteiger partial charge in [-0.15, -0.1) is 0 Å². The second kappa shape index (κ2) is 5.94. The van der Waals surface area contributed by atoms with Gasteiger partial charge in [-0.25, -0.2) is 13.2 Å². The summed E-state index contributed by atoms with van der Waals surface area (Å²) < 4.78 is 40.5. The van der Waals surface area contributed by atoms with Crippen molar-refractivity contribution < 1.29 is 13.2 Å². The van der Waals surface area contributed by atoms with Crippen molar-refractivity contribution in [1.29, 1.82) is 0 Å². The zero-order valence-corrected chi connectivity index (χ0v) is 12.7. The molecule has 1 heterocycles. The van der Waals surface area contributed by atoms with E-state index in [0.717, 1.165) is 12.6 Å². The van der Waals surface area contributed by atoms with Crippen LogP contribution in [0.2, 0.25) is 0 Å². The molecule has 0 radical (unpaired) electrons. The minimum Gasteiger partial charge on any atom is -0.329 e. The SMILES string of the molecule is CN1CCN(C(CN)c2cc(F)c(F)cc2F)CC1(C)C. The van der Waals surface area contributed by atoms with E-state index in [-0.39, 0.29) is 17.6 Å². The number of rotatable bonds is 3. The minimum absolute atomic E-state index is 0.0826. The Hall–Kier alpha value is -1.11. The maximum Gasteiger partial charge on any atom is 0.161 e. The summed E-state index contributed by atoms with van der Waals surface area (Å²) in [6.07, 6.45) is 0. The topological polar surface area (TPSA) is 32.5 Å². The molecule has 1 aliphatic rings. The lowest BCUT2D eigenvalue weighted by molar-refractivity contribution is 0.0172. The number of benzene rings is 1. The van der Waals surface area contributed by atoms with Crippen molar-refractivity contribution in [3.05, 3.63) is 35.1 Å². The number of halogens is 3. The molecule has 0 bridgehead atoms. The summed E-state index contributed by atoms with van der Waals surface area (Å²) in [5, 5.41) is 0. The lowest BCUT2D eigenvalue weighted by Crippen LogP contribution is -2.58. The van der Waals surface area contributed by atoms with Crippen LogP contribution in [-0.2, 0) is 0 Å². The molecule has 0 amide bonds. The largest absolute Gasteiger partial charge is 0.329 e. The predicted molar refractivity (Wildman–Crippen MR) is 76.4 cm³/mol. The number of hydrogen-bond acceptors (Lipinski definition) is 3. The Morgan fingerprint density at radius 1 is 1.14 bits per heavy atom. The Kier molecular flexibility index (Phi) is 4.60. The minimum atomic E-state index is -1.18. The molecule has 1 fully saturated rings. The third-order valence-electron chi connectivity index (χ3n) is 4.41. The summed E-state index contributed by atoms with van der Waals surface area (Å²) >= 11 is 0. The molecule has 0 aromatic heterocycles. The third-order valence-corrected chi connectivity index (χ3v) is 4.41. The maximum absolute atomic E-state index is 14.0. The highest BCUT2D eigenvalue weighted by Gasteiger charge is 2.35. The van der Waals surface area contributed by atoms with E-state index in [1.807, 2.05) is 11.9 Å². The van der Waals surface area contributed by atoms with Crippen LogP contribution in [0.1, 0.15) is 25.5 Å².